The van der Waals surface area contributed by atoms with Crippen molar-refractivity contribution in [1.82, 2.24) is 4.98 Å². The van der Waals surface area contributed by atoms with E-state index in [1.807, 2.05) is 30.3 Å². The first-order chi connectivity index (χ1) is 8.34. The quantitative estimate of drug-likeness (QED) is 0.581. The van der Waals surface area contributed by atoms with Crippen molar-refractivity contribution < 1.29 is 9.13 Å². The van der Waals surface area contributed by atoms with Crippen molar-refractivity contribution in [3.63, 3.8) is 0 Å². The molecule has 0 N–H and O–H groups in total. The van der Waals surface area contributed by atoms with Gasteiger partial charge in [0.2, 0.25) is 5.95 Å². The lowest BCUT2D eigenvalue weighted by atomic mass is 10.2. The van der Waals surface area contributed by atoms with Crippen LogP contribution in [0.2, 0.25) is 0 Å². The summed E-state index contributed by atoms with van der Waals surface area (Å²) >= 11 is 0. The Labute approximate surface area is 99.1 Å². The average Bonchev–Trinajstić information content (AvgIpc) is 2.38. The van der Waals surface area contributed by atoms with Gasteiger partial charge >= 0.3 is 0 Å². The number of rotatable bonds is 2. The molecule has 0 aliphatic carbocycles. The van der Waals surface area contributed by atoms with E-state index in [-0.39, 0.29) is 6.61 Å². The van der Waals surface area contributed by atoms with Crippen LogP contribution in [0.4, 0.5) is 4.39 Å². The lowest BCUT2D eigenvalue weighted by molar-refractivity contribution is 0.367. The molecule has 2 nitrogen and oxygen atoms in total. The van der Waals surface area contributed by atoms with Gasteiger partial charge in [-0.05, 0) is 24.3 Å². The summed E-state index contributed by atoms with van der Waals surface area (Å²) in [6.07, 6.45) is 1.33. The topological polar surface area (TPSA) is 22.1 Å². The maximum absolute atomic E-state index is 12.5. The fraction of sp³-hybridized carbons (Fsp3) is 0.0714. The third-order valence-corrected chi connectivity index (χ3v) is 2.02. The van der Waals surface area contributed by atoms with E-state index >= 15 is 0 Å². The Kier molecular flexibility index (Phi) is 3.72. The van der Waals surface area contributed by atoms with Gasteiger partial charge in [-0.3, -0.25) is 0 Å². The maximum atomic E-state index is 12.5. The molecular weight excluding hydrogens is 217 g/mol. The van der Waals surface area contributed by atoms with Crippen LogP contribution < -0.4 is 4.74 Å². The number of benzene rings is 1. The van der Waals surface area contributed by atoms with Crippen LogP contribution in [0, 0.1) is 17.8 Å². The Morgan fingerprint density at radius 1 is 1.12 bits per heavy atom. The van der Waals surface area contributed by atoms with E-state index in [2.05, 4.69) is 16.8 Å². The van der Waals surface area contributed by atoms with Gasteiger partial charge in [-0.25, -0.2) is 4.98 Å². The SMILES string of the molecule is Fc1ccc(OCC#Cc2ccccc2)cn1. The molecule has 0 fully saturated rings. The van der Waals surface area contributed by atoms with Gasteiger partial charge in [0, 0.05) is 5.56 Å². The number of hydrogen-bond acceptors (Lipinski definition) is 2. The number of hydrogen-bond donors (Lipinski definition) is 0. The predicted octanol–water partition coefficient (Wildman–Crippen LogP) is 2.65. The minimum absolute atomic E-state index is 0.252. The number of pyridine rings is 1. The van der Waals surface area contributed by atoms with Crippen molar-refractivity contribution in [2.75, 3.05) is 6.61 Å². The summed E-state index contributed by atoms with van der Waals surface area (Å²) in [5.41, 5.74) is 0.938. The average molecular weight is 227 g/mol. The lowest BCUT2D eigenvalue weighted by Gasteiger charge is -1.99. The van der Waals surface area contributed by atoms with E-state index in [0.717, 1.165) is 5.56 Å². The van der Waals surface area contributed by atoms with E-state index in [0.29, 0.717) is 5.75 Å². The Morgan fingerprint density at radius 2 is 1.94 bits per heavy atom. The molecule has 0 aliphatic heterocycles. The molecule has 0 radical (unpaired) electrons. The van der Waals surface area contributed by atoms with Crippen molar-refractivity contribution in [1.29, 1.82) is 0 Å². The van der Waals surface area contributed by atoms with E-state index in [1.54, 1.807) is 0 Å². The van der Waals surface area contributed by atoms with Gasteiger partial charge in [-0.1, -0.05) is 30.0 Å². The molecule has 3 heteroatoms. The van der Waals surface area contributed by atoms with E-state index < -0.39 is 5.95 Å². The van der Waals surface area contributed by atoms with Gasteiger partial charge in [-0.2, -0.15) is 4.39 Å². The third-order valence-electron chi connectivity index (χ3n) is 2.02. The zero-order chi connectivity index (χ0) is 11.9. The molecular formula is C14H10FNO. The standard InChI is InChI=1S/C14H10FNO/c15-14-9-8-13(11-16-14)17-10-4-7-12-5-2-1-3-6-12/h1-3,5-6,8-9,11H,10H2. The number of nitrogens with zero attached hydrogens (tertiary/aromatic N) is 1. The summed E-state index contributed by atoms with van der Waals surface area (Å²) in [6, 6.07) is 12.4. The Hall–Kier alpha value is -2.34. The summed E-state index contributed by atoms with van der Waals surface area (Å²) in [5.74, 6) is 5.82. The van der Waals surface area contributed by atoms with E-state index in [9.17, 15) is 4.39 Å². The highest BCUT2D eigenvalue weighted by Crippen LogP contribution is 2.07. The Balaban J connectivity index is 1.88. The second kappa shape index (κ2) is 5.66. The minimum Gasteiger partial charge on any atom is -0.479 e. The third kappa shape index (κ3) is 3.62. The Morgan fingerprint density at radius 3 is 2.65 bits per heavy atom. The lowest BCUT2D eigenvalue weighted by Crippen LogP contribution is -1.95. The zero-order valence-corrected chi connectivity index (χ0v) is 9.06. The first-order valence-corrected chi connectivity index (χ1v) is 5.13. The van der Waals surface area contributed by atoms with Crippen molar-refractivity contribution in [2.24, 2.45) is 0 Å². The first kappa shape index (κ1) is 11.2. The normalized spacial score (nSPS) is 9.24. The minimum atomic E-state index is -0.521. The van der Waals surface area contributed by atoms with Crippen molar-refractivity contribution in [2.45, 2.75) is 0 Å². The van der Waals surface area contributed by atoms with Crippen LogP contribution in [0.1, 0.15) is 5.56 Å². The molecule has 1 aromatic heterocycles. The van der Waals surface area contributed by atoms with Crippen LogP contribution >= 0.6 is 0 Å². The second-order valence-electron chi connectivity index (χ2n) is 3.27. The molecule has 0 bridgehead atoms. The van der Waals surface area contributed by atoms with Crippen molar-refractivity contribution in [3.05, 3.63) is 60.2 Å². The molecule has 0 saturated heterocycles. The van der Waals surface area contributed by atoms with Crippen LogP contribution in [0.3, 0.4) is 0 Å². The predicted molar refractivity (Wildman–Crippen MR) is 63.0 cm³/mol. The van der Waals surface area contributed by atoms with E-state index in [4.69, 9.17) is 4.74 Å². The number of aromatic nitrogens is 1. The summed E-state index contributed by atoms with van der Waals surface area (Å²) in [6.45, 7) is 0.252. The van der Waals surface area contributed by atoms with Crippen LogP contribution in [-0.2, 0) is 0 Å². The van der Waals surface area contributed by atoms with Crippen LogP contribution in [-0.4, -0.2) is 11.6 Å². The molecule has 0 atom stereocenters. The second-order valence-corrected chi connectivity index (χ2v) is 3.27. The molecule has 0 spiro atoms. The molecule has 84 valence electrons. The largest absolute Gasteiger partial charge is 0.479 e. The summed E-state index contributed by atoms with van der Waals surface area (Å²) in [4.78, 5) is 3.48. The first-order valence-electron chi connectivity index (χ1n) is 5.13. The van der Waals surface area contributed by atoms with Gasteiger partial charge in [0.05, 0.1) is 6.20 Å². The molecule has 0 unspecified atom stereocenters. The summed E-state index contributed by atoms with van der Waals surface area (Å²) in [5, 5.41) is 0. The monoisotopic (exact) mass is 227 g/mol. The summed E-state index contributed by atoms with van der Waals surface area (Å²) < 4.78 is 17.8. The Bertz CT molecular complexity index is 526. The highest BCUT2D eigenvalue weighted by atomic mass is 19.1. The molecule has 0 saturated carbocycles. The number of halogens is 1. The highest BCUT2D eigenvalue weighted by Gasteiger charge is 1.93. The number of ether oxygens (including phenoxy) is 1. The van der Waals surface area contributed by atoms with Gasteiger partial charge in [0.1, 0.15) is 12.4 Å². The van der Waals surface area contributed by atoms with Gasteiger partial charge in [0.15, 0.2) is 0 Å². The van der Waals surface area contributed by atoms with Crippen LogP contribution in [0.5, 0.6) is 5.75 Å². The van der Waals surface area contributed by atoms with Crippen LogP contribution in [0.15, 0.2) is 48.7 Å². The molecule has 1 heterocycles. The van der Waals surface area contributed by atoms with Crippen LogP contribution in [0.25, 0.3) is 0 Å². The molecule has 2 rings (SSSR count). The fourth-order valence-corrected chi connectivity index (χ4v) is 1.23. The van der Waals surface area contributed by atoms with Crippen molar-refractivity contribution in [3.8, 4) is 17.6 Å². The molecule has 1 aromatic carbocycles. The maximum Gasteiger partial charge on any atom is 0.213 e. The molecule has 0 aliphatic rings. The summed E-state index contributed by atoms with van der Waals surface area (Å²) in [7, 11) is 0. The molecule has 2 aromatic rings. The molecule has 0 amide bonds. The smallest absolute Gasteiger partial charge is 0.213 e. The van der Waals surface area contributed by atoms with E-state index in [1.165, 1.54) is 18.3 Å². The van der Waals surface area contributed by atoms with Gasteiger partial charge in [-0.15, -0.1) is 0 Å². The van der Waals surface area contributed by atoms with Crippen molar-refractivity contribution >= 4 is 0 Å². The molecule has 17 heavy (non-hydrogen) atoms. The van der Waals surface area contributed by atoms with Gasteiger partial charge in [0.25, 0.3) is 0 Å². The highest BCUT2D eigenvalue weighted by molar-refractivity contribution is 5.33. The zero-order valence-electron chi connectivity index (χ0n) is 9.06. The fourth-order valence-electron chi connectivity index (χ4n) is 1.23. The van der Waals surface area contributed by atoms with Gasteiger partial charge < -0.3 is 4.74 Å².